The van der Waals surface area contributed by atoms with Crippen molar-refractivity contribution < 1.29 is 8.42 Å². The van der Waals surface area contributed by atoms with Crippen molar-refractivity contribution in [2.45, 2.75) is 30.6 Å². The van der Waals surface area contributed by atoms with Crippen LogP contribution in [0.15, 0.2) is 65.7 Å². The highest BCUT2D eigenvalue weighted by Gasteiger charge is 2.14. The van der Waals surface area contributed by atoms with Crippen molar-refractivity contribution in [2.24, 2.45) is 5.14 Å². The van der Waals surface area contributed by atoms with Crippen molar-refractivity contribution in [3.8, 4) is 0 Å². The van der Waals surface area contributed by atoms with E-state index in [9.17, 15) is 8.42 Å². The predicted molar refractivity (Wildman–Crippen MR) is 109 cm³/mol. The number of hydrogen-bond donors (Lipinski definition) is 2. The normalized spacial score (nSPS) is 14.2. The van der Waals surface area contributed by atoms with Crippen molar-refractivity contribution in [3.63, 3.8) is 0 Å². The Morgan fingerprint density at radius 2 is 1.70 bits per heavy atom. The van der Waals surface area contributed by atoms with Gasteiger partial charge < -0.3 is 5.32 Å². The van der Waals surface area contributed by atoms with Crippen LogP contribution in [-0.2, 0) is 10.0 Å². The number of pyridine rings is 1. The summed E-state index contributed by atoms with van der Waals surface area (Å²) in [5.74, 6) is 0.619. The highest BCUT2D eigenvalue weighted by Crippen LogP contribution is 2.25. The Morgan fingerprint density at radius 3 is 2.41 bits per heavy atom. The van der Waals surface area contributed by atoms with Gasteiger partial charge in [0.1, 0.15) is 0 Å². The number of nitrogens with two attached hydrogens (primary N) is 1. The smallest absolute Gasteiger partial charge is 0.238 e. The average Bonchev–Trinajstić information content (AvgIpc) is 2.66. The Bertz CT molecular complexity index is 1020. The fourth-order valence-corrected chi connectivity index (χ4v) is 3.81. The van der Waals surface area contributed by atoms with Crippen LogP contribution in [0.2, 0.25) is 0 Å². The SMILES string of the molecule is C[C@H](CNC[C@@H](C)c1nccc2cc(S(N)(=O)=O)ccc12)c1ccccc1. The van der Waals surface area contributed by atoms with Crippen LogP contribution < -0.4 is 10.5 Å². The summed E-state index contributed by atoms with van der Waals surface area (Å²) in [5.41, 5.74) is 2.27. The Kier molecular flexibility index (Phi) is 5.89. The lowest BCUT2D eigenvalue weighted by atomic mass is 9.99. The Balaban J connectivity index is 1.71. The molecule has 0 spiro atoms. The van der Waals surface area contributed by atoms with Crippen LogP contribution in [-0.4, -0.2) is 26.5 Å². The van der Waals surface area contributed by atoms with E-state index in [2.05, 4.69) is 48.4 Å². The van der Waals surface area contributed by atoms with E-state index in [1.165, 1.54) is 5.56 Å². The van der Waals surface area contributed by atoms with Crippen molar-refractivity contribution in [1.29, 1.82) is 0 Å². The van der Waals surface area contributed by atoms with E-state index in [0.717, 1.165) is 29.6 Å². The van der Waals surface area contributed by atoms with Crippen LogP contribution in [0.1, 0.15) is 36.9 Å². The number of nitrogens with one attached hydrogen (secondary N) is 1. The van der Waals surface area contributed by atoms with Gasteiger partial charge >= 0.3 is 0 Å². The summed E-state index contributed by atoms with van der Waals surface area (Å²) in [4.78, 5) is 4.65. The second-order valence-corrected chi connectivity index (χ2v) is 8.56. The van der Waals surface area contributed by atoms with E-state index in [1.54, 1.807) is 24.4 Å². The molecule has 0 saturated carbocycles. The zero-order valence-electron chi connectivity index (χ0n) is 15.6. The molecule has 0 aliphatic heterocycles. The molecule has 2 aromatic carbocycles. The molecule has 0 aliphatic rings. The third-order valence-electron chi connectivity index (χ3n) is 4.83. The van der Waals surface area contributed by atoms with Gasteiger partial charge in [-0.2, -0.15) is 0 Å². The number of nitrogens with zero attached hydrogens (tertiary/aromatic N) is 1. The first-order valence-electron chi connectivity index (χ1n) is 9.03. The zero-order chi connectivity index (χ0) is 19.4. The molecule has 0 bridgehead atoms. The van der Waals surface area contributed by atoms with Crippen LogP contribution in [0, 0.1) is 0 Å². The van der Waals surface area contributed by atoms with Crippen LogP contribution in [0.5, 0.6) is 0 Å². The van der Waals surface area contributed by atoms with Crippen LogP contribution in [0.3, 0.4) is 0 Å². The van der Waals surface area contributed by atoms with E-state index in [-0.39, 0.29) is 10.8 Å². The van der Waals surface area contributed by atoms with Crippen molar-refractivity contribution in [3.05, 3.63) is 72.1 Å². The van der Waals surface area contributed by atoms with Gasteiger partial charge in [-0.25, -0.2) is 13.6 Å². The fraction of sp³-hybridized carbons (Fsp3) is 0.286. The maximum atomic E-state index is 11.6. The summed E-state index contributed by atoms with van der Waals surface area (Å²) in [5, 5.41) is 10.5. The lowest BCUT2D eigenvalue weighted by Crippen LogP contribution is -2.25. The van der Waals surface area contributed by atoms with Crippen LogP contribution in [0.4, 0.5) is 0 Å². The van der Waals surface area contributed by atoms with Gasteiger partial charge in [-0.15, -0.1) is 0 Å². The van der Waals surface area contributed by atoms with Gasteiger partial charge in [0.25, 0.3) is 0 Å². The minimum Gasteiger partial charge on any atom is -0.315 e. The molecule has 3 aromatic rings. The summed E-state index contributed by atoms with van der Waals surface area (Å²) in [6.07, 6.45) is 1.72. The summed E-state index contributed by atoms with van der Waals surface area (Å²) in [7, 11) is -3.71. The molecule has 0 radical (unpaired) electrons. The number of primary sulfonamides is 1. The summed E-state index contributed by atoms with van der Waals surface area (Å²) < 4.78 is 23.1. The molecule has 0 fully saturated rings. The highest BCUT2D eigenvalue weighted by molar-refractivity contribution is 7.89. The first-order valence-corrected chi connectivity index (χ1v) is 10.6. The van der Waals surface area contributed by atoms with Gasteiger partial charge in [0.05, 0.1) is 10.6 Å². The maximum absolute atomic E-state index is 11.6. The quantitative estimate of drug-likeness (QED) is 0.655. The molecule has 5 nitrogen and oxygen atoms in total. The Labute approximate surface area is 160 Å². The number of aromatic nitrogens is 1. The molecule has 0 aliphatic carbocycles. The number of rotatable bonds is 7. The highest BCUT2D eigenvalue weighted by atomic mass is 32.2. The van der Waals surface area contributed by atoms with Gasteiger partial charge in [0.2, 0.25) is 10.0 Å². The van der Waals surface area contributed by atoms with Gasteiger partial charge in [-0.3, -0.25) is 4.98 Å². The number of fused-ring (bicyclic) bond motifs is 1. The molecule has 3 N–H and O–H groups in total. The molecule has 2 atom stereocenters. The van der Waals surface area contributed by atoms with Gasteiger partial charge in [0.15, 0.2) is 0 Å². The summed E-state index contributed by atoms with van der Waals surface area (Å²) in [6, 6.07) is 17.2. The molecule has 1 heterocycles. The lowest BCUT2D eigenvalue weighted by Gasteiger charge is -2.17. The van der Waals surface area contributed by atoms with Gasteiger partial charge in [-0.1, -0.05) is 50.2 Å². The van der Waals surface area contributed by atoms with Crippen LogP contribution in [0.25, 0.3) is 10.8 Å². The maximum Gasteiger partial charge on any atom is 0.238 e. The van der Waals surface area contributed by atoms with E-state index >= 15 is 0 Å². The first kappa shape index (κ1) is 19.5. The van der Waals surface area contributed by atoms with Crippen molar-refractivity contribution in [1.82, 2.24) is 10.3 Å². The molecular weight excluding hydrogens is 358 g/mol. The second-order valence-electron chi connectivity index (χ2n) is 7.00. The fourth-order valence-electron chi connectivity index (χ4n) is 3.26. The second kappa shape index (κ2) is 8.17. The molecule has 0 amide bonds. The minimum absolute atomic E-state index is 0.120. The van der Waals surface area contributed by atoms with E-state index in [1.807, 2.05) is 12.1 Å². The molecule has 1 aromatic heterocycles. The largest absolute Gasteiger partial charge is 0.315 e. The lowest BCUT2D eigenvalue weighted by molar-refractivity contribution is 0.569. The van der Waals surface area contributed by atoms with Gasteiger partial charge in [-0.05, 0) is 35.1 Å². The summed E-state index contributed by atoms with van der Waals surface area (Å²) >= 11 is 0. The minimum atomic E-state index is -3.71. The van der Waals surface area contributed by atoms with E-state index in [0.29, 0.717) is 5.92 Å². The molecule has 27 heavy (non-hydrogen) atoms. The predicted octanol–water partition coefficient (Wildman–Crippen LogP) is 3.38. The molecule has 3 rings (SSSR count). The van der Waals surface area contributed by atoms with Crippen molar-refractivity contribution in [2.75, 3.05) is 13.1 Å². The zero-order valence-corrected chi connectivity index (χ0v) is 16.4. The van der Waals surface area contributed by atoms with Crippen LogP contribution >= 0.6 is 0 Å². The number of benzene rings is 2. The number of sulfonamides is 1. The molecule has 0 saturated heterocycles. The number of hydrogen-bond acceptors (Lipinski definition) is 4. The first-order chi connectivity index (χ1) is 12.9. The topological polar surface area (TPSA) is 85.1 Å². The van der Waals surface area contributed by atoms with E-state index < -0.39 is 10.0 Å². The monoisotopic (exact) mass is 383 g/mol. The van der Waals surface area contributed by atoms with Crippen molar-refractivity contribution >= 4 is 20.8 Å². The Hall–Kier alpha value is -2.28. The molecular formula is C21H25N3O2S. The molecule has 6 heteroatoms. The third kappa shape index (κ3) is 4.71. The summed E-state index contributed by atoms with van der Waals surface area (Å²) in [6.45, 7) is 6.00. The molecule has 0 unspecified atom stereocenters. The molecule has 142 valence electrons. The standard InChI is InChI=1S/C21H25N3O2S/c1-15(17-6-4-3-5-7-17)13-23-14-16(2)21-20-9-8-19(27(22,25)26)12-18(20)10-11-24-21/h3-12,15-16,23H,13-14H2,1-2H3,(H2,22,25,26)/t15-,16-/m1/s1. The average molecular weight is 384 g/mol. The van der Waals surface area contributed by atoms with Gasteiger partial charge in [0, 0.05) is 30.6 Å². The Morgan fingerprint density at radius 1 is 1.00 bits per heavy atom. The van der Waals surface area contributed by atoms with E-state index in [4.69, 9.17) is 5.14 Å². The third-order valence-corrected chi connectivity index (χ3v) is 5.74.